The van der Waals surface area contributed by atoms with Crippen molar-refractivity contribution in [1.29, 1.82) is 0 Å². The molecule has 1 heterocycles. The highest BCUT2D eigenvalue weighted by atomic mass is 16.5. The van der Waals surface area contributed by atoms with Gasteiger partial charge in [0.15, 0.2) is 0 Å². The second kappa shape index (κ2) is 5.02. The summed E-state index contributed by atoms with van der Waals surface area (Å²) >= 11 is 0. The molecule has 3 rings (SSSR count). The summed E-state index contributed by atoms with van der Waals surface area (Å²) in [5.74, 6) is 1.90. The first-order chi connectivity index (χ1) is 9.21. The second-order valence-electron chi connectivity index (χ2n) is 5.56. The van der Waals surface area contributed by atoms with Crippen molar-refractivity contribution >= 4 is 0 Å². The Morgan fingerprint density at radius 2 is 2.26 bits per heavy atom. The van der Waals surface area contributed by atoms with Crippen LogP contribution in [0.1, 0.15) is 36.9 Å². The molecule has 1 saturated carbocycles. The first kappa shape index (κ1) is 12.8. The van der Waals surface area contributed by atoms with Crippen LogP contribution in [0.2, 0.25) is 0 Å². The number of benzene rings is 1. The van der Waals surface area contributed by atoms with Crippen LogP contribution in [-0.4, -0.2) is 25.8 Å². The topological polar surface area (TPSA) is 56.5 Å². The molecule has 0 bridgehead atoms. The largest absolute Gasteiger partial charge is 0.496 e. The molecule has 2 unspecified atom stereocenters. The van der Waals surface area contributed by atoms with Crippen molar-refractivity contribution in [3.63, 3.8) is 0 Å². The number of hydrogen-bond donors (Lipinski definition) is 2. The summed E-state index contributed by atoms with van der Waals surface area (Å²) < 4.78 is 11.4. The number of ether oxygens (including phenoxy) is 2. The molecular weight excluding hydrogens is 240 g/mol. The fourth-order valence-electron chi connectivity index (χ4n) is 2.72. The van der Waals surface area contributed by atoms with E-state index >= 15 is 0 Å². The zero-order valence-corrected chi connectivity index (χ0v) is 11.6. The van der Waals surface area contributed by atoms with Crippen LogP contribution in [0.4, 0.5) is 0 Å². The molecule has 2 aliphatic rings. The molecule has 2 atom stereocenters. The van der Waals surface area contributed by atoms with Gasteiger partial charge in [-0.1, -0.05) is 0 Å². The average molecular weight is 262 g/mol. The van der Waals surface area contributed by atoms with Gasteiger partial charge in [-0.25, -0.2) is 0 Å². The third-order valence-corrected chi connectivity index (χ3v) is 3.87. The number of nitrogens with two attached hydrogens (primary N) is 1. The van der Waals surface area contributed by atoms with Crippen molar-refractivity contribution in [1.82, 2.24) is 5.32 Å². The van der Waals surface area contributed by atoms with Gasteiger partial charge >= 0.3 is 0 Å². The minimum Gasteiger partial charge on any atom is -0.496 e. The summed E-state index contributed by atoms with van der Waals surface area (Å²) in [4.78, 5) is 0. The summed E-state index contributed by atoms with van der Waals surface area (Å²) in [7, 11) is 1.72. The van der Waals surface area contributed by atoms with Gasteiger partial charge in [-0.05, 0) is 31.9 Å². The van der Waals surface area contributed by atoms with Crippen molar-refractivity contribution in [2.75, 3.05) is 13.7 Å². The predicted molar refractivity (Wildman–Crippen MR) is 74.7 cm³/mol. The molecule has 1 aliphatic carbocycles. The van der Waals surface area contributed by atoms with Crippen LogP contribution in [0, 0.1) is 0 Å². The third kappa shape index (κ3) is 2.55. The zero-order chi connectivity index (χ0) is 13.4. The van der Waals surface area contributed by atoms with Gasteiger partial charge in [0.2, 0.25) is 0 Å². The summed E-state index contributed by atoms with van der Waals surface area (Å²) in [6.45, 7) is 2.66. The molecule has 0 saturated heterocycles. The van der Waals surface area contributed by atoms with Gasteiger partial charge in [0.05, 0.1) is 7.11 Å². The van der Waals surface area contributed by atoms with Crippen molar-refractivity contribution in [2.45, 2.75) is 44.4 Å². The van der Waals surface area contributed by atoms with Crippen LogP contribution < -0.4 is 20.5 Å². The van der Waals surface area contributed by atoms with Crippen LogP contribution in [0.15, 0.2) is 12.1 Å². The van der Waals surface area contributed by atoms with Gasteiger partial charge in [0.25, 0.3) is 0 Å². The van der Waals surface area contributed by atoms with Crippen LogP contribution in [0.5, 0.6) is 11.5 Å². The lowest BCUT2D eigenvalue weighted by atomic mass is 10.0. The van der Waals surface area contributed by atoms with Gasteiger partial charge in [0, 0.05) is 36.2 Å². The van der Waals surface area contributed by atoms with E-state index in [4.69, 9.17) is 15.2 Å². The Balaban J connectivity index is 1.92. The molecule has 0 radical (unpaired) electrons. The molecular formula is C15H22N2O2. The van der Waals surface area contributed by atoms with Crippen molar-refractivity contribution in [2.24, 2.45) is 5.73 Å². The Kier molecular flexibility index (Phi) is 3.37. The summed E-state index contributed by atoms with van der Waals surface area (Å²) in [5, 5.41) is 3.57. The molecule has 1 aliphatic heterocycles. The standard InChI is InChI=1S/C15H22N2O2/c1-9-5-10-6-15(18-2)12(7-14(10)19-9)13(8-16)17-11-3-4-11/h6-7,9,11,13,17H,3-5,8,16H2,1-2H3. The highest BCUT2D eigenvalue weighted by molar-refractivity contribution is 5.50. The minimum absolute atomic E-state index is 0.146. The number of hydrogen-bond acceptors (Lipinski definition) is 4. The molecule has 19 heavy (non-hydrogen) atoms. The van der Waals surface area contributed by atoms with Crippen LogP contribution in [0.3, 0.4) is 0 Å². The lowest BCUT2D eigenvalue weighted by Gasteiger charge is -2.20. The van der Waals surface area contributed by atoms with E-state index in [9.17, 15) is 0 Å². The Morgan fingerprint density at radius 3 is 2.89 bits per heavy atom. The molecule has 1 aromatic carbocycles. The SMILES string of the molecule is COc1cc2c(cc1C(CN)NC1CC1)OC(C)C2. The maximum Gasteiger partial charge on any atom is 0.124 e. The van der Waals surface area contributed by atoms with E-state index in [-0.39, 0.29) is 12.1 Å². The molecule has 1 fully saturated rings. The van der Waals surface area contributed by atoms with Crippen molar-refractivity contribution in [3.05, 3.63) is 23.3 Å². The smallest absolute Gasteiger partial charge is 0.124 e. The third-order valence-electron chi connectivity index (χ3n) is 3.87. The maximum atomic E-state index is 5.92. The molecule has 4 heteroatoms. The predicted octanol–water partition coefficient (Wildman–Crippen LogP) is 1.77. The van der Waals surface area contributed by atoms with Crippen LogP contribution >= 0.6 is 0 Å². The van der Waals surface area contributed by atoms with Gasteiger partial charge in [-0.3, -0.25) is 0 Å². The number of nitrogens with one attached hydrogen (secondary N) is 1. The van der Waals surface area contributed by atoms with E-state index < -0.39 is 0 Å². The Bertz CT molecular complexity index is 471. The molecule has 0 amide bonds. The quantitative estimate of drug-likeness (QED) is 0.849. The van der Waals surface area contributed by atoms with Crippen LogP contribution in [-0.2, 0) is 6.42 Å². The first-order valence-corrected chi connectivity index (χ1v) is 7.05. The Labute approximate surface area is 114 Å². The summed E-state index contributed by atoms with van der Waals surface area (Å²) in [6.07, 6.45) is 3.70. The summed E-state index contributed by atoms with van der Waals surface area (Å²) in [5.41, 5.74) is 8.27. The highest BCUT2D eigenvalue weighted by Gasteiger charge is 2.28. The van der Waals surface area contributed by atoms with E-state index in [2.05, 4.69) is 24.4 Å². The monoisotopic (exact) mass is 262 g/mol. The van der Waals surface area contributed by atoms with Crippen LogP contribution in [0.25, 0.3) is 0 Å². The number of rotatable bonds is 5. The van der Waals surface area contributed by atoms with Gasteiger partial charge in [0.1, 0.15) is 17.6 Å². The fraction of sp³-hybridized carbons (Fsp3) is 0.600. The number of fused-ring (bicyclic) bond motifs is 1. The maximum absolute atomic E-state index is 5.92. The van der Waals surface area contributed by atoms with E-state index in [1.54, 1.807) is 7.11 Å². The second-order valence-corrected chi connectivity index (χ2v) is 5.56. The van der Waals surface area contributed by atoms with E-state index in [0.29, 0.717) is 12.6 Å². The normalized spacial score (nSPS) is 22.8. The molecule has 104 valence electrons. The fourth-order valence-corrected chi connectivity index (χ4v) is 2.72. The average Bonchev–Trinajstić information content (AvgIpc) is 3.14. The molecule has 0 spiro atoms. The molecule has 4 nitrogen and oxygen atoms in total. The Morgan fingerprint density at radius 1 is 1.47 bits per heavy atom. The zero-order valence-electron chi connectivity index (χ0n) is 11.6. The van der Waals surface area contributed by atoms with Crippen molar-refractivity contribution in [3.8, 4) is 11.5 Å². The molecule has 3 N–H and O–H groups in total. The van der Waals surface area contributed by atoms with E-state index in [1.165, 1.54) is 18.4 Å². The first-order valence-electron chi connectivity index (χ1n) is 7.05. The van der Waals surface area contributed by atoms with E-state index in [1.807, 2.05) is 0 Å². The van der Waals surface area contributed by atoms with Gasteiger partial charge in [-0.2, -0.15) is 0 Å². The number of methoxy groups -OCH3 is 1. The highest BCUT2D eigenvalue weighted by Crippen LogP contribution is 2.38. The summed E-state index contributed by atoms with van der Waals surface area (Å²) in [6, 6.07) is 4.97. The molecule has 1 aromatic rings. The van der Waals surface area contributed by atoms with Gasteiger partial charge < -0.3 is 20.5 Å². The lowest BCUT2D eigenvalue weighted by molar-refractivity contribution is 0.254. The van der Waals surface area contributed by atoms with E-state index in [0.717, 1.165) is 23.5 Å². The Hall–Kier alpha value is -1.26. The lowest BCUT2D eigenvalue weighted by Crippen LogP contribution is -2.30. The molecule has 0 aromatic heterocycles. The van der Waals surface area contributed by atoms with Gasteiger partial charge in [-0.15, -0.1) is 0 Å². The van der Waals surface area contributed by atoms with Crippen molar-refractivity contribution < 1.29 is 9.47 Å². The minimum atomic E-state index is 0.146.